The zero-order valence-electron chi connectivity index (χ0n) is 17.7. The lowest BCUT2D eigenvalue weighted by atomic mass is 10.1. The van der Waals surface area contributed by atoms with Crippen LogP contribution in [0.4, 0.5) is 11.4 Å². The molecule has 0 heterocycles. The third-order valence-corrected chi connectivity index (χ3v) is 6.56. The van der Waals surface area contributed by atoms with Crippen LogP contribution >= 0.6 is 11.6 Å². The Labute approximate surface area is 197 Å². The van der Waals surface area contributed by atoms with Gasteiger partial charge in [-0.05, 0) is 60.8 Å². The molecule has 0 radical (unpaired) electrons. The minimum atomic E-state index is -3.81. The van der Waals surface area contributed by atoms with Gasteiger partial charge in [0.2, 0.25) is 0 Å². The molecule has 0 aliphatic rings. The summed E-state index contributed by atoms with van der Waals surface area (Å²) in [6, 6.07) is 25.7. The molecule has 0 aliphatic heterocycles. The molecule has 0 spiro atoms. The number of sulfonamides is 1. The molecule has 0 unspecified atom stereocenters. The SMILES string of the molecule is C[C@@H](Oc1cccc(Cl)c1)C(=O)Nc1ccc(S(=O)(=O)Nc2cccc3ccccc23)cc1. The number of carbonyl (C=O) groups excluding carboxylic acids is 1. The molecular weight excluding hydrogens is 460 g/mol. The van der Waals surface area contributed by atoms with Crippen molar-refractivity contribution >= 4 is 49.7 Å². The summed E-state index contributed by atoms with van der Waals surface area (Å²) < 4.78 is 34.0. The number of amides is 1. The van der Waals surface area contributed by atoms with Crippen LogP contribution in [-0.2, 0) is 14.8 Å². The number of carbonyl (C=O) groups is 1. The van der Waals surface area contributed by atoms with E-state index in [2.05, 4.69) is 10.0 Å². The monoisotopic (exact) mass is 480 g/mol. The summed E-state index contributed by atoms with van der Waals surface area (Å²) in [4.78, 5) is 12.5. The minimum Gasteiger partial charge on any atom is -0.481 e. The molecule has 4 aromatic carbocycles. The average Bonchev–Trinajstić information content (AvgIpc) is 2.79. The molecule has 0 saturated carbocycles. The van der Waals surface area contributed by atoms with Crippen molar-refractivity contribution in [2.75, 3.05) is 10.0 Å². The topological polar surface area (TPSA) is 84.5 Å². The second kappa shape index (κ2) is 9.52. The minimum absolute atomic E-state index is 0.0802. The van der Waals surface area contributed by atoms with Gasteiger partial charge in [-0.1, -0.05) is 54.1 Å². The van der Waals surface area contributed by atoms with E-state index in [-0.39, 0.29) is 10.8 Å². The number of hydrogen-bond donors (Lipinski definition) is 2. The van der Waals surface area contributed by atoms with Crippen LogP contribution in [0, 0.1) is 0 Å². The van der Waals surface area contributed by atoms with Gasteiger partial charge >= 0.3 is 0 Å². The Kier molecular flexibility index (Phi) is 6.53. The van der Waals surface area contributed by atoms with Crippen molar-refractivity contribution in [3.63, 3.8) is 0 Å². The second-order valence-electron chi connectivity index (χ2n) is 7.36. The van der Waals surface area contributed by atoms with Crippen molar-refractivity contribution in [1.82, 2.24) is 0 Å². The van der Waals surface area contributed by atoms with Gasteiger partial charge in [0, 0.05) is 16.1 Å². The molecule has 33 heavy (non-hydrogen) atoms. The molecule has 1 atom stereocenters. The smallest absolute Gasteiger partial charge is 0.265 e. The summed E-state index contributed by atoms with van der Waals surface area (Å²) in [5.41, 5.74) is 0.947. The van der Waals surface area contributed by atoms with E-state index in [9.17, 15) is 13.2 Å². The average molecular weight is 481 g/mol. The Morgan fingerprint density at radius 1 is 0.909 bits per heavy atom. The third kappa shape index (κ3) is 5.45. The van der Waals surface area contributed by atoms with Gasteiger partial charge < -0.3 is 10.1 Å². The molecule has 2 N–H and O–H groups in total. The summed E-state index contributed by atoms with van der Waals surface area (Å²) in [7, 11) is -3.81. The van der Waals surface area contributed by atoms with Crippen LogP contribution in [0.3, 0.4) is 0 Å². The highest BCUT2D eigenvalue weighted by Gasteiger charge is 2.18. The zero-order valence-corrected chi connectivity index (χ0v) is 19.2. The van der Waals surface area contributed by atoms with Gasteiger partial charge in [-0.25, -0.2) is 8.42 Å². The highest BCUT2D eigenvalue weighted by Crippen LogP contribution is 2.26. The molecule has 1 amide bonds. The number of anilines is 2. The molecule has 168 valence electrons. The van der Waals surface area contributed by atoms with Gasteiger partial charge in [-0.15, -0.1) is 0 Å². The fraction of sp³-hybridized carbons (Fsp3) is 0.0800. The highest BCUT2D eigenvalue weighted by molar-refractivity contribution is 7.92. The van der Waals surface area contributed by atoms with E-state index >= 15 is 0 Å². The van der Waals surface area contributed by atoms with Gasteiger partial charge in [-0.2, -0.15) is 0 Å². The van der Waals surface area contributed by atoms with Crippen LogP contribution in [0.5, 0.6) is 5.75 Å². The molecule has 4 rings (SSSR count). The lowest BCUT2D eigenvalue weighted by Gasteiger charge is -2.15. The Bertz CT molecular complexity index is 1400. The van der Waals surface area contributed by atoms with E-state index in [1.807, 2.05) is 30.3 Å². The standard InChI is InChI=1S/C25H21ClN2O4S/c1-17(32-21-9-5-8-19(26)16-21)25(29)27-20-12-14-22(15-13-20)33(30,31)28-24-11-4-7-18-6-2-3-10-23(18)24/h2-17,28H,1H3,(H,27,29)/t17-/m1/s1. The summed E-state index contributed by atoms with van der Waals surface area (Å²) in [5, 5.41) is 4.97. The Hall–Kier alpha value is -3.55. The fourth-order valence-corrected chi connectivity index (χ4v) is 4.54. The zero-order chi connectivity index (χ0) is 23.4. The van der Waals surface area contributed by atoms with Gasteiger partial charge in [0.25, 0.3) is 15.9 Å². The molecule has 0 aromatic heterocycles. The predicted octanol–water partition coefficient (Wildman–Crippen LogP) is 5.70. The van der Waals surface area contributed by atoms with Crippen molar-refractivity contribution in [1.29, 1.82) is 0 Å². The third-order valence-electron chi connectivity index (χ3n) is 4.94. The number of fused-ring (bicyclic) bond motifs is 1. The first-order valence-electron chi connectivity index (χ1n) is 10.2. The van der Waals surface area contributed by atoms with E-state index in [0.29, 0.717) is 22.1 Å². The van der Waals surface area contributed by atoms with Crippen LogP contribution < -0.4 is 14.8 Å². The number of ether oxygens (including phenoxy) is 1. The highest BCUT2D eigenvalue weighted by atomic mass is 35.5. The maximum absolute atomic E-state index is 12.9. The number of nitrogens with one attached hydrogen (secondary N) is 2. The van der Waals surface area contributed by atoms with Crippen LogP contribution in [0.15, 0.2) is 95.9 Å². The van der Waals surface area contributed by atoms with Crippen molar-refractivity contribution in [2.45, 2.75) is 17.9 Å². The van der Waals surface area contributed by atoms with Crippen molar-refractivity contribution < 1.29 is 17.9 Å². The molecule has 0 fully saturated rings. The number of rotatable bonds is 7. The van der Waals surface area contributed by atoms with Crippen LogP contribution in [0.25, 0.3) is 10.8 Å². The lowest BCUT2D eigenvalue weighted by Crippen LogP contribution is -2.30. The summed E-state index contributed by atoms with van der Waals surface area (Å²) in [5.74, 6) is 0.102. The predicted molar refractivity (Wildman–Crippen MR) is 131 cm³/mol. The first-order valence-corrected chi connectivity index (χ1v) is 12.0. The normalized spacial score (nSPS) is 12.2. The van der Waals surface area contributed by atoms with Crippen LogP contribution in [0.1, 0.15) is 6.92 Å². The fourth-order valence-electron chi connectivity index (χ4n) is 3.28. The first kappa shape index (κ1) is 22.6. The lowest BCUT2D eigenvalue weighted by molar-refractivity contribution is -0.122. The summed E-state index contributed by atoms with van der Waals surface area (Å²) in [6.07, 6.45) is -0.778. The van der Waals surface area contributed by atoms with E-state index < -0.39 is 16.1 Å². The molecule has 6 nitrogen and oxygen atoms in total. The molecule has 8 heteroatoms. The van der Waals surface area contributed by atoms with Crippen molar-refractivity contribution in [3.8, 4) is 5.75 Å². The Morgan fingerprint density at radius 3 is 2.36 bits per heavy atom. The van der Waals surface area contributed by atoms with Gasteiger partial charge in [0.1, 0.15) is 5.75 Å². The van der Waals surface area contributed by atoms with E-state index in [1.165, 1.54) is 24.3 Å². The number of benzene rings is 4. The summed E-state index contributed by atoms with van der Waals surface area (Å²) >= 11 is 5.93. The molecular formula is C25H21ClN2O4S. The number of halogens is 1. The summed E-state index contributed by atoms with van der Waals surface area (Å²) in [6.45, 7) is 1.61. The van der Waals surface area contributed by atoms with Gasteiger partial charge in [0.15, 0.2) is 6.10 Å². The van der Waals surface area contributed by atoms with Crippen LogP contribution in [0.2, 0.25) is 5.02 Å². The van der Waals surface area contributed by atoms with E-state index in [1.54, 1.807) is 43.3 Å². The van der Waals surface area contributed by atoms with Crippen molar-refractivity contribution in [3.05, 3.63) is 96.0 Å². The van der Waals surface area contributed by atoms with E-state index in [4.69, 9.17) is 16.3 Å². The Balaban J connectivity index is 1.44. The molecule has 4 aromatic rings. The second-order valence-corrected chi connectivity index (χ2v) is 9.48. The largest absolute Gasteiger partial charge is 0.481 e. The Morgan fingerprint density at radius 2 is 1.61 bits per heavy atom. The molecule has 0 saturated heterocycles. The maximum atomic E-state index is 12.9. The molecule has 0 bridgehead atoms. The maximum Gasteiger partial charge on any atom is 0.265 e. The van der Waals surface area contributed by atoms with Crippen molar-refractivity contribution in [2.24, 2.45) is 0 Å². The van der Waals surface area contributed by atoms with Crippen LogP contribution in [-0.4, -0.2) is 20.4 Å². The number of hydrogen-bond acceptors (Lipinski definition) is 4. The van der Waals surface area contributed by atoms with Gasteiger partial charge in [0.05, 0.1) is 10.6 Å². The first-order chi connectivity index (χ1) is 15.8. The van der Waals surface area contributed by atoms with E-state index in [0.717, 1.165) is 10.8 Å². The quantitative estimate of drug-likeness (QED) is 0.355. The molecule has 0 aliphatic carbocycles. The van der Waals surface area contributed by atoms with Gasteiger partial charge in [-0.3, -0.25) is 9.52 Å².